The first-order valence-electron chi connectivity index (χ1n) is 4.85. The van der Waals surface area contributed by atoms with Gasteiger partial charge < -0.3 is 4.57 Å². The van der Waals surface area contributed by atoms with Crippen LogP contribution in [0.25, 0.3) is 11.4 Å². The first-order chi connectivity index (χ1) is 7.36. The van der Waals surface area contributed by atoms with E-state index in [0.29, 0.717) is 17.4 Å². The zero-order chi connectivity index (χ0) is 10.3. The molecule has 0 unspecified atom stereocenters. The van der Waals surface area contributed by atoms with E-state index in [1.54, 1.807) is 18.6 Å². The Morgan fingerprint density at radius 1 is 1.40 bits per heavy atom. The van der Waals surface area contributed by atoms with Crippen LogP contribution < -0.4 is 0 Å². The number of nitrogens with zero attached hydrogens (tertiary/aromatic N) is 4. The molecule has 15 heavy (non-hydrogen) atoms. The lowest BCUT2D eigenvalue weighted by Gasteiger charge is -2.04. The van der Waals surface area contributed by atoms with Crippen LogP contribution in [0.15, 0.2) is 24.8 Å². The minimum absolute atomic E-state index is 0.354. The molecule has 1 fully saturated rings. The summed E-state index contributed by atoms with van der Waals surface area (Å²) in [5.74, 6) is 0.241. The van der Waals surface area contributed by atoms with Crippen LogP contribution in [0.3, 0.4) is 0 Å². The third-order valence-electron chi connectivity index (χ3n) is 2.53. The van der Waals surface area contributed by atoms with E-state index in [1.165, 1.54) is 6.20 Å². The van der Waals surface area contributed by atoms with Crippen molar-refractivity contribution in [2.24, 2.45) is 0 Å². The highest BCUT2D eigenvalue weighted by Gasteiger charge is 2.27. The summed E-state index contributed by atoms with van der Waals surface area (Å²) in [4.78, 5) is 3.71. The second kappa shape index (κ2) is 3.12. The molecule has 5 heteroatoms. The monoisotopic (exact) mass is 204 g/mol. The van der Waals surface area contributed by atoms with E-state index in [9.17, 15) is 4.39 Å². The number of hydrogen-bond acceptors (Lipinski definition) is 3. The molecule has 0 aromatic carbocycles. The summed E-state index contributed by atoms with van der Waals surface area (Å²) in [6.07, 6.45) is 6.66. The Morgan fingerprint density at radius 3 is 3.00 bits per heavy atom. The largest absolute Gasteiger partial charge is 0.310 e. The second-order valence-electron chi connectivity index (χ2n) is 3.65. The fourth-order valence-electron chi connectivity index (χ4n) is 1.61. The molecule has 0 spiro atoms. The maximum absolute atomic E-state index is 13.5. The van der Waals surface area contributed by atoms with Crippen molar-refractivity contribution < 1.29 is 4.39 Å². The lowest BCUT2D eigenvalue weighted by molar-refractivity contribution is 0.620. The van der Waals surface area contributed by atoms with Crippen LogP contribution in [0.5, 0.6) is 0 Å². The van der Waals surface area contributed by atoms with E-state index in [-0.39, 0.29) is 5.82 Å². The van der Waals surface area contributed by atoms with E-state index in [0.717, 1.165) is 12.8 Å². The van der Waals surface area contributed by atoms with Gasteiger partial charge in [0, 0.05) is 12.2 Å². The molecule has 0 amide bonds. The van der Waals surface area contributed by atoms with Crippen LogP contribution in [-0.2, 0) is 0 Å². The van der Waals surface area contributed by atoms with Crippen molar-refractivity contribution >= 4 is 0 Å². The van der Waals surface area contributed by atoms with E-state index in [2.05, 4.69) is 15.2 Å². The van der Waals surface area contributed by atoms with Crippen molar-refractivity contribution in [1.29, 1.82) is 0 Å². The average molecular weight is 204 g/mol. The van der Waals surface area contributed by atoms with Crippen molar-refractivity contribution in [2.75, 3.05) is 0 Å². The van der Waals surface area contributed by atoms with Crippen molar-refractivity contribution in [2.45, 2.75) is 18.9 Å². The van der Waals surface area contributed by atoms with Gasteiger partial charge in [-0.15, -0.1) is 10.2 Å². The van der Waals surface area contributed by atoms with Crippen molar-refractivity contribution in [3.63, 3.8) is 0 Å². The van der Waals surface area contributed by atoms with Gasteiger partial charge in [0.1, 0.15) is 6.33 Å². The number of halogens is 1. The van der Waals surface area contributed by atoms with Gasteiger partial charge in [-0.3, -0.25) is 4.98 Å². The first-order valence-corrected chi connectivity index (χ1v) is 4.85. The lowest BCUT2D eigenvalue weighted by Crippen LogP contribution is -1.98. The van der Waals surface area contributed by atoms with E-state index < -0.39 is 0 Å². The fraction of sp³-hybridized carbons (Fsp3) is 0.300. The van der Waals surface area contributed by atoms with E-state index in [4.69, 9.17) is 0 Å². The molecule has 4 nitrogen and oxygen atoms in total. The molecule has 3 rings (SSSR count). The minimum Gasteiger partial charge on any atom is -0.310 e. The highest BCUT2D eigenvalue weighted by Crippen LogP contribution is 2.37. The van der Waals surface area contributed by atoms with Gasteiger partial charge in [0.25, 0.3) is 0 Å². The standard InChI is InChI=1S/C10H9FN4/c11-9-5-12-4-3-8(9)10-14-13-6-15(10)7-1-2-7/h3-7H,1-2H2. The average Bonchev–Trinajstić information content (AvgIpc) is 2.98. The van der Waals surface area contributed by atoms with Gasteiger partial charge in [-0.2, -0.15) is 0 Å². The minimum atomic E-state index is -0.354. The van der Waals surface area contributed by atoms with Gasteiger partial charge >= 0.3 is 0 Å². The number of rotatable bonds is 2. The Hall–Kier alpha value is -1.78. The van der Waals surface area contributed by atoms with Gasteiger partial charge in [-0.05, 0) is 18.9 Å². The smallest absolute Gasteiger partial charge is 0.167 e. The maximum atomic E-state index is 13.5. The van der Waals surface area contributed by atoms with Crippen LogP contribution in [0.4, 0.5) is 4.39 Å². The molecule has 1 aliphatic carbocycles. The molecule has 1 saturated carbocycles. The molecule has 0 saturated heterocycles. The number of pyridine rings is 1. The molecule has 1 aliphatic rings. The van der Waals surface area contributed by atoms with Crippen molar-refractivity contribution in [1.82, 2.24) is 19.7 Å². The SMILES string of the molecule is Fc1cnccc1-c1nncn1C1CC1. The summed E-state index contributed by atoms with van der Waals surface area (Å²) in [5, 5.41) is 7.78. The second-order valence-corrected chi connectivity index (χ2v) is 3.65. The Kier molecular flexibility index (Phi) is 1.77. The van der Waals surface area contributed by atoms with Crippen LogP contribution in [0.1, 0.15) is 18.9 Å². The normalized spacial score (nSPS) is 15.5. The summed E-state index contributed by atoms with van der Waals surface area (Å²) in [6, 6.07) is 2.07. The molecule has 0 N–H and O–H groups in total. The third-order valence-corrected chi connectivity index (χ3v) is 2.53. The summed E-state index contributed by atoms with van der Waals surface area (Å²) in [5.41, 5.74) is 0.467. The van der Waals surface area contributed by atoms with E-state index >= 15 is 0 Å². The number of hydrogen-bond donors (Lipinski definition) is 0. The van der Waals surface area contributed by atoms with Crippen LogP contribution in [0, 0.1) is 5.82 Å². The van der Waals surface area contributed by atoms with Gasteiger partial charge in [-0.1, -0.05) is 0 Å². The van der Waals surface area contributed by atoms with Crippen LogP contribution in [0.2, 0.25) is 0 Å². The lowest BCUT2D eigenvalue weighted by atomic mass is 10.2. The zero-order valence-corrected chi connectivity index (χ0v) is 7.97. The Morgan fingerprint density at radius 2 is 2.27 bits per heavy atom. The predicted octanol–water partition coefficient (Wildman–Crippen LogP) is 1.81. The molecular formula is C10H9FN4. The topological polar surface area (TPSA) is 43.6 Å². The number of aromatic nitrogens is 4. The van der Waals surface area contributed by atoms with Gasteiger partial charge in [-0.25, -0.2) is 4.39 Å². The molecule has 0 atom stereocenters. The van der Waals surface area contributed by atoms with Crippen molar-refractivity contribution in [3.8, 4) is 11.4 Å². The summed E-state index contributed by atoms with van der Waals surface area (Å²) >= 11 is 0. The molecule has 76 valence electrons. The highest BCUT2D eigenvalue weighted by atomic mass is 19.1. The molecular weight excluding hydrogens is 195 g/mol. The van der Waals surface area contributed by atoms with Crippen LogP contribution >= 0.6 is 0 Å². The fourth-order valence-corrected chi connectivity index (χ4v) is 1.61. The van der Waals surface area contributed by atoms with Gasteiger partial charge in [0.05, 0.1) is 11.8 Å². The molecule has 2 heterocycles. The Balaban J connectivity index is 2.12. The molecule has 0 radical (unpaired) electrons. The molecule has 2 aromatic rings. The molecule has 2 aromatic heterocycles. The van der Waals surface area contributed by atoms with E-state index in [1.807, 2.05) is 4.57 Å². The third kappa shape index (κ3) is 1.40. The Bertz CT molecular complexity index is 490. The zero-order valence-electron chi connectivity index (χ0n) is 7.97. The summed E-state index contributed by atoms with van der Waals surface area (Å²) < 4.78 is 15.4. The van der Waals surface area contributed by atoms with Gasteiger partial charge in [0.15, 0.2) is 11.6 Å². The highest BCUT2D eigenvalue weighted by molar-refractivity contribution is 5.55. The quantitative estimate of drug-likeness (QED) is 0.749. The molecule has 0 aliphatic heterocycles. The molecule has 0 bridgehead atoms. The Labute approximate surface area is 85.8 Å². The predicted molar refractivity (Wildman–Crippen MR) is 51.5 cm³/mol. The van der Waals surface area contributed by atoms with Crippen molar-refractivity contribution in [3.05, 3.63) is 30.6 Å². The maximum Gasteiger partial charge on any atom is 0.167 e. The van der Waals surface area contributed by atoms with Crippen LogP contribution in [-0.4, -0.2) is 19.7 Å². The van der Waals surface area contributed by atoms with Gasteiger partial charge in [0.2, 0.25) is 0 Å². The first kappa shape index (κ1) is 8.52. The summed E-state index contributed by atoms with van der Waals surface area (Å²) in [6.45, 7) is 0. The summed E-state index contributed by atoms with van der Waals surface area (Å²) in [7, 11) is 0.